The van der Waals surface area contributed by atoms with Crippen molar-refractivity contribution >= 4 is 11.6 Å². The molecular weight excluding hydrogens is 272 g/mol. The molecule has 0 saturated carbocycles. The third-order valence-corrected chi connectivity index (χ3v) is 4.20. The van der Waals surface area contributed by atoms with Crippen LogP contribution in [-0.2, 0) is 12.8 Å². The van der Waals surface area contributed by atoms with Gasteiger partial charge in [0, 0.05) is 18.1 Å². The predicted molar refractivity (Wildman–Crippen MR) is 71.9 cm³/mol. The lowest BCUT2D eigenvalue weighted by atomic mass is 9.85. The summed E-state index contributed by atoms with van der Waals surface area (Å²) >= 11 is 0. The molecule has 2 heterocycles. The highest BCUT2D eigenvalue weighted by molar-refractivity contribution is 6.27. The van der Waals surface area contributed by atoms with Crippen LogP contribution in [0.2, 0.25) is 0 Å². The lowest BCUT2D eigenvalue weighted by molar-refractivity contribution is 0.0930. The second-order valence-electron chi connectivity index (χ2n) is 5.53. The summed E-state index contributed by atoms with van der Waals surface area (Å²) in [6, 6.07) is 1.24. The van der Waals surface area contributed by atoms with Gasteiger partial charge in [-0.15, -0.1) is 0 Å². The molecule has 0 unspecified atom stereocenters. The number of aryl methyl sites for hydroxylation is 2. The highest BCUT2D eigenvalue weighted by Crippen LogP contribution is 2.37. The Morgan fingerprint density at radius 3 is 2.43 bits per heavy atom. The van der Waals surface area contributed by atoms with Crippen molar-refractivity contribution in [3.05, 3.63) is 56.0 Å². The zero-order valence-corrected chi connectivity index (χ0v) is 11.4. The first-order valence-corrected chi connectivity index (χ1v) is 6.96. The minimum absolute atomic E-state index is 0.0353. The van der Waals surface area contributed by atoms with Gasteiger partial charge in [0.15, 0.2) is 11.5 Å². The maximum atomic E-state index is 12.7. The van der Waals surface area contributed by atoms with Crippen molar-refractivity contribution in [2.24, 2.45) is 0 Å². The number of fused-ring (bicyclic) bond motifs is 4. The van der Waals surface area contributed by atoms with E-state index in [1.54, 1.807) is 6.92 Å². The monoisotopic (exact) mass is 284 g/mol. The molecule has 0 fully saturated rings. The molecule has 0 spiro atoms. The Bertz CT molecular complexity index is 866. The second-order valence-corrected chi connectivity index (χ2v) is 5.53. The molecule has 5 nitrogen and oxygen atoms in total. The largest absolute Gasteiger partial charge is 0.456 e. The van der Waals surface area contributed by atoms with Gasteiger partial charge in [-0.25, -0.2) is 4.79 Å². The first-order chi connectivity index (χ1) is 10.1. The minimum atomic E-state index is -0.632. The standard InChI is InChI=1S/C16H12O5/c1-7-6-10(17)21-15-11(7)13(18)12-8-4-2-3-5-9(8)20-16(12)14(15)19/h6H,2-5H2,1H3. The minimum Gasteiger partial charge on any atom is -0.456 e. The SMILES string of the molecule is Cc1cc(=O)oc2c1C(=O)c1c(oc3c1CCCC3)C2=O. The third-order valence-electron chi connectivity index (χ3n) is 4.20. The van der Waals surface area contributed by atoms with E-state index in [2.05, 4.69) is 0 Å². The van der Waals surface area contributed by atoms with E-state index in [0.29, 0.717) is 11.1 Å². The van der Waals surface area contributed by atoms with Gasteiger partial charge in [0.2, 0.25) is 5.78 Å². The van der Waals surface area contributed by atoms with Crippen molar-refractivity contribution < 1.29 is 18.4 Å². The maximum absolute atomic E-state index is 12.7. The Hall–Kier alpha value is -2.43. The van der Waals surface area contributed by atoms with Crippen LogP contribution in [0.5, 0.6) is 0 Å². The first kappa shape index (κ1) is 12.3. The van der Waals surface area contributed by atoms with Crippen LogP contribution >= 0.6 is 0 Å². The van der Waals surface area contributed by atoms with Gasteiger partial charge in [-0.1, -0.05) is 0 Å². The van der Waals surface area contributed by atoms with E-state index in [0.717, 1.165) is 37.0 Å². The number of hydrogen-bond acceptors (Lipinski definition) is 5. The van der Waals surface area contributed by atoms with E-state index in [1.807, 2.05) is 0 Å². The molecule has 2 aromatic rings. The van der Waals surface area contributed by atoms with E-state index in [4.69, 9.17) is 8.83 Å². The Labute approximate surface area is 119 Å². The summed E-state index contributed by atoms with van der Waals surface area (Å²) in [6.07, 6.45) is 3.46. The van der Waals surface area contributed by atoms with Gasteiger partial charge >= 0.3 is 5.63 Å². The summed E-state index contributed by atoms with van der Waals surface area (Å²) in [7, 11) is 0. The lowest BCUT2D eigenvalue weighted by Crippen LogP contribution is -2.24. The zero-order valence-electron chi connectivity index (χ0n) is 11.4. The zero-order chi connectivity index (χ0) is 14.7. The number of ketones is 2. The van der Waals surface area contributed by atoms with Crippen LogP contribution in [0.4, 0.5) is 0 Å². The van der Waals surface area contributed by atoms with E-state index >= 15 is 0 Å². The molecule has 4 rings (SSSR count). The lowest BCUT2D eigenvalue weighted by Gasteiger charge is -2.15. The summed E-state index contributed by atoms with van der Waals surface area (Å²) in [4.78, 5) is 36.7. The topological polar surface area (TPSA) is 77.5 Å². The molecule has 106 valence electrons. The van der Waals surface area contributed by atoms with Crippen molar-refractivity contribution in [1.29, 1.82) is 0 Å². The molecule has 0 bridgehead atoms. The van der Waals surface area contributed by atoms with E-state index < -0.39 is 11.4 Å². The number of rotatable bonds is 0. The van der Waals surface area contributed by atoms with Crippen molar-refractivity contribution in [3.8, 4) is 0 Å². The van der Waals surface area contributed by atoms with Crippen LogP contribution in [0.15, 0.2) is 19.7 Å². The fourth-order valence-corrected chi connectivity index (χ4v) is 3.25. The smallest absolute Gasteiger partial charge is 0.336 e. The quantitative estimate of drug-likeness (QED) is 0.632. The van der Waals surface area contributed by atoms with Gasteiger partial charge in [0.1, 0.15) is 5.76 Å². The van der Waals surface area contributed by atoms with E-state index in [9.17, 15) is 14.4 Å². The van der Waals surface area contributed by atoms with Crippen LogP contribution in [-0.4, -0.2) is 11.6 Å². The fourth-order valence-electron chi connectivity index (χ4n) is 3.25. The fraction of sp³-hybridized carbons (Fsp3) is 0.312. The Morgan fingerprint density at radius 2 is 1.62 bits per heavy atom. The highest BCUT2D eigenvalue weighted by atomic mass is 16.4. The summed E-state index contributed by atoms with van der Waals surface area (Å²) in [5.41, 5.74) is 1.26. The number of furan rings is 1. The molecule has 2 aliphatic carbocycles. The van der Waals surface area contributed by atoms with Crippen molar-refractivity contribution in [3.63, 3.8) is 0 Å². The van der Waals surface area contributed by atoms with Crippen LogP contribution in [0.1, 0.15) is 62.0 Å². The van der Waals surface area contributed by atoms with Gasteiger partial charge in [0.05, 0.1) is 11.1 Å². The normalized spacial score (nSPS) is 16.4. The molecule has 5 heteroatoms. The summed E-state index contributed by atoms with van der Waals surface area (Å²) in [5, 5.41) is 0. The molecular formula is C16H12O5. The average molecular weight is 284 g/mol. The third kappa shape index (κ3) is 1.54. The number of carbonyl (C=O) groups excluding carboxylic acids is 2. The van der Waals surface area contributed by atoms with Crippen molar-refractivity contribution in [2.45, 2.75) is 32.6 Å². The molecule has 21 heavy (non-hydrogen) atoms. The second kappa shape index (κ2) is 4.04. The van der Waals surface area contributed by atoms with Crippen molar-refractivity contribution in [2.75, 3.05) is 0 Å². The summed E-state index contributed by atoms with van der Waals surface area (Å²) < 4.78 is 10.6. The summed E-state index contributed by atoms with van der Waals surface area (Å²) in [6.45, 7) is 1.64. The van der Waals surface area contributed by atoms with E-state index in [-0.39, 0.29) is 22.9 Å². The maximum Gasteiger partial charge on any atom is 0.336 e. The molecule has 0 aliphatic heterocycles. The Morgan fingerprint density at radius 1 is 0.905 bits per heavy atom. The number of hydrogen-bond donors (Lipinski definition) is 0. The van der Waals surface area contributed by atoms with Crippen molar-refractivity contribution in [1.82, 2.24) is 0 Å². The molecule has 0 radical (unpaired) electrons. The molecule has 2 aromatic heterocycles. The number of carbonyl (C=O) groups is 2. The van der Waals surface area contributed by atoms with Crippen LogP contribution in [0, 0.1) is 6.92 Å². The van der Waals surface area contributed by atoms with Gasteiger partial charge in [-0.2, -0.15) is 0 Å². The van der Waals surface area contributed by atoms with Crippen LogP contribution in [0.3, 0.4) is 0 Å². The van der Waals surface area contributed by atoms with Gasteiger partial charge in [0.25, 0.3) is 5.78 Å². The van der Waals surface area contributed by atoms with Gasteiger partial charge in [-0.3, -0.25) is 9.59 Å². The molecule has 0 amide bonds. The molecule has 0 aromatic carbocycles. The molecule has 0 N–H and O–H groups in total. The van der Waals surface area contributed by atoms with E-state index in [1.165, 1.54) is 6.07 Å². The Balaban J connectivity index is 2.04. The predicted octanol–water partition coefficient (Wildman–Crippen LogP) is 2.20. The van der Waals surface area contributed by atoms with Gasteiger partial charge in [-0.05, 0) is 31.7 Å². The summed E-state index contributed by atoms with van der Waals surface area (Å²) in [5.74, 6) is -0.208. The average Bonchev–Trinajstić information content (AvgIpc) is 2.83. The van der Waals surface area contributed by atoms with Gasteiger partial charge < -0.3 is 8.83 Å². The first-order valence-electron chi connectivity index (χ1n) is 6.96. The Kier molecular flexibility index (Phi) is 2.37. The van der Waals surface area contributed by atoms with Crippen LogP contribution < -0.4 is 5.63 Å². The molecule has 0 atom stereocenters. The molecule has 0 saturated heterocycles. The molecule has 2 aliphatic rings. The van der Waals surface area contributed by atoms with Crippen LogP contribution in [0.25, 0.3) is 0 Å². The highest BCUT2D eigenvalue weighted by Gasteiger charge is 2.40.